The summed E-state index contributed by atoms with van der Waals surface area (Å²) in [6.07, 6.45) is -3.92. The number of benzene rings is 2. The Morgan fingerprint density at radius 3 is 2.30 bits per heavy atom. The summed E-state index contributed by atoms with van der Waals surface area (Å²) in [7, 11) is -3.68. The Balaban J connectivity index is 2.14. The molecule has 0 saturated carbocycles. The zero-order chi connectivity index (χ0) is 20.2. The van der Waals surface area contributed by atoms with Crippen molar-refractivity contribution < 1.29 is 26.4 Å². The molecule has 0 spiro atoms. The average Bonchev–Trinajstić information content (AvgIpc) is 2.61. The second-order valence-corrected chi connectivity index (χ2v) is 7.70. The first kappa shape index (κ1) is 20.9. The number of hydrogen-bond donors (Lipinski definition) is 2. The van der Waals surface area contributed by atoms with Crippen LogP contribution < -0.4 is 10.0 Å². The Kier molecular flexibility index (Phi) is 6.27. The molecule has 2 aromatic carbocycles. The van der Waals surface area contributed by atoms with Crippen molar-refractivity contribution in [2.75, 3.05) is 5.32 Å². The van der Waals surface area contributed by atoms with E-state index in [2.05, 4.69) is 10.0 Å². The number of halogens is 3. The van der Waals surface area contributed by atoms with Crippen LogP contribution >= 0.6 is 0 Å². The van der Waals surface area contributed by atoms with E-state index in [0.29, 0.717) is 6.42 Å². The first-order valence-corrected chi connectivity index (χ1v) is 9.62. The third-order valence-electron chi connectivity index (χ3n) is 3.84. The van der Waals surface area contributed by atoms with E-state index in [1.165, 1.54) is 30.3 Å². The fourth-order valence-corrected chi connectivity index (χ4v) is 3.50. The summed E-state index contributed by atoms with van der Waals surface area (Å²) in [5.41, 5.74) is -0.812. The molecule has 0 aliphatic carbocycles. The lowest BCUT2D eigenvalue weighted by Gasteiger charge is -2.13. The zero-order valence-corrected chi connectivity index (χ0v) is 15.5. The lowest BCUT2D eigenvalue weighted by Crippen LogP contribution is -2.31. The maximum absolute atomic E-state index is 12.7. The minimum atomic E-state index is -4.55. The van der Waals surface area contributed by atoms with Crippen molar-refractivity contribution >= 4 is 21.6 Å². The first-order valence-electron chi connectivity index (χ1n) is 8.14. The number of rotatable bonds is 6. The van der Waals surface area contributed by atoms with Gasteiger partial charge in [-0.1, -0.05) is 13.0 Å². The number of carbonyl (C=O) groups excluding carboxylic acids is 1. The molecule has 0 aromatic heterocycles. The molecule has 5 nitrogen and oxygen atoms in total. The number of carbonyl (C=O) groups is 1. The first-order chi connectivity index (χ1) is 12.5. The van der Waals surface area contributed by atoms with Crippen LogP contribution in [0.5, 0.6) is 0 Å². The Morgan fingerprint density at radius 2 is 1.74 bits per heavy atom. The number of anilines is 1. The molecule has 1 amide bonds. The quantitative estimate of drug-likeness (QED) is 0.769. The van der Waals surface area contributed by atoms with Crippen molar-refractivity contribution in [1.29, 1.82) is 0 Å². The summed E-state index contributed by atoms with van der Waals surface area (Å²) < 4.78 is 65.1. The molecule has 9 heteroatoms. The van der Waals surface area contributed by atoms with Crippen LogP contribution in [0, 0.1) is 0 Å². The minimum Gasteiger partial charge on any atom is -0.322 e. The van der Waals surface area contributed by atoms with Crippen molar-refractivity contribution in [2.45, 2.75) is 37.4 Å². The molecule has 0 aliphatic rings. The third-order valence-corrected chi connectivity index (χ3v) is 5.45. The van der Waals surface area contributed by atoms with Gasteiger partial charge < -0.3 is 5.32 Å². The van der Waals surface area contributed by atoms with Crippen molar-refractivity contribution in [3.8, 4) is 0 Å². The van der Waals surface area contributed by atoms with Crippen molar-refractivity contribution in [2.24, 2.45) is 0 Å². The molecule has 1 atom stereocenters. The van der Waals surface area contributed by atoms with E-state index in [-0.39, 0.29) is 22.2 Å². The zero-order valence-electron chi connectivity index (χ0n) is 14.7. The Bertz CT molecular complexity index is 910. The molecule has 2 rings (SSSR count). The van der Waals surface area contributed by atoms with Gasteiger partial charge >= 0.3 is 6.18 Å². The summed E-state index contributed by atoms with van der Waals surface area (Å²) in [6.45, 7) is 3.58. The van der Waals surface area contributed by atoms with E-state index in [4.69, 9.17) is 0 Å². The predicted octanol–water partition coefficient (Wildman–Crippen LogP) is 4.03. The van der Waals surface area contributed by atoms with Gasteiger partial charge in [0.1, 0.15) is 0 Å². The lowest BCUT2D eigenvalue weighted by molar-refractivity contribution is -0.137. The molecule has 0 radical (unpaired) electrons. The van der Waals surface area contributed by atoms with Crippen LogP contribution in [-0.2, 0) is 16.2 Å². The maximum atomic E-state index is 12.7. The summed E-state index contributed by atoms with van der Waals surface area (Å²) >= 11 is 0. The van der Waals surface area contributed by atoms with E-state index in [9.17, 15) is 26.4 Å². The average molecular weight is 400 g/mol. The van der Waals surface area contributed by atoms with Gasteiger partial charge in [0.05, 0.1) is 10.5 Å². The molecule has 0 fully saturated rings. The highest BCUT2D eigenvalue weighted by molar-refractivity contribution is 7.89. The fraction of sp³-hybridized carbons (Fsp3) is 0.278. The summed E-state index contributed by atoms with van der Waals surface area (Å²) in [4.78, 5) is 12.2. The van der Waals surface area contributed by atoms with E-state index in [0.717, 1.165) is 18.2 Å². The van der Waals surface area contributed by atoms with Crippen molar-refractivity contribution in [1.82, 2.24) is 4.72 Å². The molecule has 0 heterocycles. The Morgan fingerprint density at radius 1 is 1.11 bits per heavy atom. The highest BCUT2D eigenvalue weighted by atomic mass is 32.2. The molecule has 0 unspecified atom stereocenters. The van der Waals surface area contributed by atoms with Crippen LogP contribution in [0.2, 0.25) is 0 Å². The van der Waals surface area contributed by atoms with Crippen LogP contribution in [0.1, 0.15) is 36.2 Å². The SMILES string of the molecule is CC[C@H](C)NS(=O)(=O)c1ccc(NC(=O)c2cccc(C(F)(F)F)c2)cc1. The van der Waals surface area contributed by atoms with Crippen molar-refractivity contribution in [3.05, 3.63) is 59.7 Å². The van der Waals surface area contributed by atoms with Crippen LogP contribution in [0.15, 0.2) is 53.4 Å². The minimum absolute atomic E-state index is 0.0277. The number of amides is 1. The lowest BCUT2D eigenvalue weighted by atomic mass is 10.1. The molecule has 2 N–H and O–H groups in total. The monoisotopic (exact) mass is 400 g/mol. The molecule has 27 heavy (non-hydrogen) atoms. The van der Waals surface area contributed by atoms with E-state index >= 15 is 0 Å². The van der Waals surface area contributed by atoms with Gasteiger partial charge in [0, 0.05) is 17.3 Å². The second kappa shape index (κ2) is 8.10. The maximum Gasteiger partial charge on any atom is 0.416 e. The second-order valence-electron chi connectivity index (χ2n) is 5.99. The standard InChI is InChI=1S/C18H19F3N2O3S/c1-3-12(2)23-27(25,26)16-9-7-15(8-10-16)22-17(24)13-5-4-6-14(11-13)18(19,20)21/h4-12,23H,3H2,1-2H3,(H,22,24)/t12-/m0/s1. The largest absolute Gasteiger partial charge is 0.416 e. The Hall–Kier alpha value is -2.39. The topological polar surface area (TPSA) is 75.3 Å². The van der Waals surface area contributed by atoms with Crippen LogP contribution in [0.25, 0.3) is 0 Å². The van der Waals surface area contributed by atoms with Gasteiger partial charge in [0.15, 0.2) is 0 Å². The number of alkyl halides is 3. The fourth-order valence-electron chi connectivity index (χ4n) is 2.17. The molecule has 2 aromatic rings. The molecule has 146 valence electrons. The van der Waals surface area contributed by atoms with E-state index < -0.39 is 27.7 Å². The van der Waals surface area contributed by atoms with Gasteiger partial charge in [-0.05, 0) is 55.8 Å². The Labute approximate surface area is 155 Å². The normalized spacial score (nSPS) is 13.2. The third kappa shape index (κ3) is 5.54. The van der Waals surface area contributed by atoms with Gasteiger partial charge in [0.2, 0.25) is 10.0 Å². The van der Waals surface area contributed by atoms with E-state index in [1.807, 2.05) is 6.92 Å². The van der Waals surface area contributed by atoms with Gasteiger partial charge in [-0.25, -0.2) is 13.1 Å². The summed E-state index contributed by atoms with van der Waals surface area (Å²) in [6, 6.07) is 9.18. The summed E-state index contributed by atoms with van der Waals surface area (Å²) in [5.74, 6) is -0.727. The van der Waals surface area contributed by atoms with Crippen LogP contribution in [0.4, 0.5) is 18.9 Å². The highest BCUT2D eigenvalue weighted by Gasteiger charge is 2.30. The molecular formula is C18H19F3N2O3S. The van der Waals surface area contributed by atoms with Gasteiger partial charge in [0.25, 0.3) is 5.91 Å². The number of nitrogens with one attached hydrogen (secondary N) is 2. The molecular weight excluding hydrogens is 381 g/mol. The molecule has 0 aliphatic heterocycles. The number of hydrogen-bond acceptors (Lipinski definition) is 3. The predicted molar refractivity (Wildman–Crippen MR) is 95.9 cm³/mol. The summed E-state index contributed by atoms with van der Waals surface area (Å²) in [5, 5.41) is 2.45. The van der Waals surface area contributed by atoms with Gasteiger partial charge in [-0.3, -0.25) is 4.79 Å². The van der Waals surface area contributed by atoms with Crippen LogP contribution in [0.3, 0.4) is 0 Å². The van der Waals surface area contributed by atoms with E-state index in [1.54, 1.807) is 6.92 Å². The smallest absolute Gasteiger partial charge is 0.322 e. The van der Waals surface area contributed by atoms with Gasteiger partial charge in [-0.15, -0.1) is 0 Å². The highest BCUT2D eigenvalue weighted by Crippen LogP contribution is 2.29. The molecule has 0 bridgehead atoms. The molecule has 0 saturated heterocycles. The van der Waals surface area contributed by atoms with Gasteiger partial charge in [-0.2, -0.15) is 13.2 Å². The van der Waals surface area contributed by atoms with Crippen LogP contribution in [-0.4, -0.2) is 20.4 Å². The number of sulfonamides is 1. The van der Waals surface area contributed by atoms with Crippen molar-refractivity contribution in [3.63, 3.8) is 0 Å².